The van der Waals surface area contributed by atoms with Gasteiger partial charge in [0, 0.05) is 51.4 Å². The first kappa shape index (κ1) is 18.1. The number of hydrogen-bond donors (Lipinski definition) is 0. The number of nitrogens with zero attached hydrogens (tertiary/aromatic N) is 4. The third kappa shape index (κ3) is 4.46. The molecule has 0 radical (unpaired) electrons. The maximum Gasteiger partial charge on any atom is 0.229 e. The highest BCUT2D eigenvalue weighted by atomic mass is 32.2. The quantitative estimate of drug-likeness (QED) is 0.680. The third-order valence-corrected chi connectivity index (χ3v) is 6.78. The first-order valence-corrected chi connectivity index (χ1v) is 10.3. The molecular formula is C16H24N4O4S. The molecule has 0 unspecified atom stereocenters. The van der Waals surface area contributed by atoms with E-state index in [0.29, 0.717) is 38.3 Å². The van der Waals surface area contributed by atoms with E-state index in [-0.39, 0.29) is 24.1 Å². The smallest absolute Gasteiger partial charge is 0.229 e. The summed E-state index contributed by atoms with van der Waals surface area (Å²) in [6, 6.07) is 1.88. The highest BCUT2D eigenvalue weighted by Gasteiger charge is 2.31. The number of carbonyl (C=O) groups excluding carboxylic acids is 2. The monoisotopic (exact) mass is 368 g/mol. The van der Waals surface area contributed by atoms with Gasteiger partial charge in [-0.05, 0) is 31.2 Å². The summed E-state index contributed by atoms with van der Waals surface area (Å²) in [6.07, 6.45) is 6.44. The van der Waals surface area contributed by atoms with E-state index >= 15 is 0 Å². The molecule has 2 aliphatic rings. The molecule has 138 valence electrons. The second-order valence-electron chi connectivity index (χ2n) is 6.68. The summed E-state index contributed by atoms with van der Waals surface area (Å²) in [7, 11) is -3.45. The highest BCUT2D eigenvalue weighted by Crippen LogP contribution is 2.21. The van der Waals surface area contributed by atoms with Crippen molar-refractivity contribution in [3.8, 4) is 0 Å². The van der Waals surface area contributed by atoms with Crippen molar-refractivity contribution in [2.75, 3.05) is 25.4 Å². The lowest BCUT2D eigenvalue weighted by Gasteiger charge is -2.32. The van der Waals surface area contributed by atoms with Gasteiger partial charge in [0.25, 0.3) is 0 Å². The predicted octanol–water partition coefficient (Wildman–Crippen LogP) is 0.464. The summed E-state index contributed by atoms with van der Waals surface area (Å²) in [6.45, 7) is 1.73. The number of carbonyl (C=O) groups is 2. The Bertz CT molecular complexity index is 693. The number of amides is 2. The largest absolute Gasteiger partial charge is 0.282 e. The molecule has 2 aliphatic heterocycles. The molecule has 2 fully saturated rings. The van der Waals surface area contributed by atoms with E-state index in [0.717, 1.165) is 24.3 Å². The van der Waals surface area contributed by atoms with Crippen LogP contribution in [0.1, 0.15) is 32.1 Å². The van der Waals surface area contributed by atoms with Crippen molar-refractivity contribution in [1.29, 1.82) is 0 Å². The van der Waals surface area contributed by atoms with Gasteiger partial charge in [-0.15, -0.1) is 0 Å². The van der Waals surface area contributed by atoms with Crippen LogP contribution in [0.3, 0.4) is 0 Å². The number of piperidine rings is 2. The van der Waals surface area contributed by atoms with E-state index in [4.69, 9.17) is 0 Å². The van der Waals surface area contributed by atoms with Crippen molar-refractivity contribution in [2.24, 2.45) is 5.92 Å². The molecule has 1 aromatic heterocycles. The topological polar surface area (TPSA) is 92.6 Å². The predicted molar refractivity (Wildman–Crippen MR) is 90.9 cm³/mol. The molecular weight excluding hydrogens is 344 g/mol. The van der Waals surface area contributed by atoms with Gasteiger partial charge in [-0.25, -0.2) is 12.7 Å². The van der Waals surface area contributed by atoms with Crippen molar-refractivity contribution < 1.29 is 18.0 Å². The molecule has 3 heterocycles. The van der Waals surface area contributed by atoms with E-state index in [1.165, 1.54) is 4.31 Å². The summed E-state index contributed by atoms with van der Waals surface area (Å²) in [5.74, 6) is -0.292. The number of sulfonamides is 1. The van der Waals surface area contributed by atoms with Gasteiger partial charge in [0.15, 0.2) is 0 Å². The molecule has 9 heteroatoms. The molecule has 0 spiro atoms. The number of hydrogen-bond acceptors (Lipinski definition) is 5. The van der Waals surface area contributed by atoms with Crippen molar-refractivity contribution in [1.82, 2.24) is 19.0 Å². The first-order valence-electron chi connectivity index (χ1n) is 8.74. The molecule has 0 atom stereocenters. The van der Waals surface area contributed by atoms with Gasteiger partial charge in [0.1, 0.15) is 0 Å². The van der Waals surface area contributed by atoms with E-state index in [9.17, 15) is 18.0 Å². The van der Waals surface area contributed by atoms with Crippen LogP contribution in [-0.2, 0) is 26.2 Å². The summed E-state index contributed by atoms with van der Waals surface area (Å²) in [5, 5.41) is 4.19. The van der Waals surface area contributed by atoms with E-state index in [2.05, 4.69) is 5.10 Å². The average molecular weight is 368 g/mol. The van der Waals surface area contributed by atoms with Gasteiger partial charge in [-0.3, -0.25) is 19.2 Å². The Morgan fingerprint density at radius 3 is 2.40 bits per heavy atom. The highest BCUT2D eigenvalue weighted by molar-refractivity contribution is 7.89. The number of likely N-dealkylation sites (tertiary alicyclic amines) is 1. The molecule has 8 nitrogen and oxygen atoms in total. The summed E-state index contributed by atoms with van der Waals surface area (Å²) in [5.41, 5.74) is 0. The Labute approximate surface area is 147 Å². The molecule has 0 saturated carbocycles. The molecule has 0 bridgehead atoms. The van der Waals surface area contributed by atoms with E-state index < -0.39 is 10.0 Å². The van der Waals surface area contributed by atoms with Gasteiger partial charge < -0.3 is 0 Å². The Hall–Kier alpha value is -1.74. The lowest BCUT2D eigenvalue weighted by molar-refractivity contribution is -0.147. The molecule has 0 N–H and O–H groups in total. The number of aromatic nitrogens is 2. The number of rotatable bonds is 6. The van der Waals surface area contributed by atoms with Gasteiger partial charge >= 0.3 is 0 Å². The minimum Gasteiger partial charge on any atom is -0.282 e. The molecule has 25 heavy (non-hydrogen) atoms. The minimum atomic E-state index is -3.45. The first-order chi connectivity index (χ1) is 12.0. The van der Waals surface area contributed by atoms with Crippen molar-refractivity contribution in [2.45, 2.75) is 38.6 Å². The van der Waals surface area contributed by atoms with Crippen LogP contribution in [-0.4, -0.2) is 64.6 Å². The zero-order chi connectivity index (χ0) is 17.9. The van der Waals surface area contributed by atoms with Crippen molar-refractivity contribution >= 4 is 21.8 Å². The molecule has 2 saturated heterocycles. The molecule has 1 aromatic rings. The fraction of sp³-hybridized carbons (Fsp3) is 0.688. The van der Waals surface area contributed by atoms with E-state index in [1.807, 2.05) is 16.9 Å². The molecule has 0 aromatic carbocycles. The zero-order valence-electron chi connectivity index (χ0n) is 14.2. The fourth-order valence-corrected chi connectivity index (χ4v) is 4.87. The zero-order valence-corrected chi connectivity index (χ0v) is 15.0. The second-order valence-corrected chi connectivity index (χ2v) is 8.77. The maximum atomic E-state index is 12.5. The van der Waals surface area contributed by atoms with Crippen LogP contribution < -0.4 is 0 Å². The second kappa shape index (κ2) is 7.65. The summed E-state index contributed by atoms with van der Waals surface area (Å²) in [4.78, 5) is 24.7. The van der Waals surface area contributed by atoms with Crippen molar-refractivity contribution in [3.05, 3.63) is 18.5 Å². The lowest BCUT2D eigenvalue weighted by Crippen LogP contribution is -2.46. The van der Waals surface area contributed by atoms with Gasteiger partial charge in [-0.1, -0.05) is 0 Å². The normalized spacial score (nSPS) is 21.0. The van der Waals surface area contributed by atoms with Crippen LogP contribution in [0.25, 0.3) is 0 Å². The third-order valence-electron chi connectivity index (χ3n) is 4.93. The summed E-state index contributed by atoms with van der Waals surface area (Å²) < 4.78 is 28.4. The molecule has 0 aliphatic carbocycles. The Balaban J connectivity index is 1.49. The average Bonchev–Trinajstić information content (AvgIpc) is 3.08. The molecule has 2 amide bonds. The van der Waals surface area contributed by atoms with Gasteiger partial charge in [0.05, 0.1) is 5.75 Å². The SMILES string of the molecule is O=C1CCCC(=O)N1CCS(=O)(=O)N1CCC(Cn2cccn2)CC1. The van der Waals surface area contributed by atoms with Crippen LogP contribution in [0, 0.1) is 5.92 Å². The lowest BCUT2D eigenvalue weighted by atomic mass is 9.98. The minimum absolute atomic E-state index is 0.0345. The fourth-order valence-electron chi connectivity index (χ4n) is 3.43. The Morgan fingerprint density at radius 2 is 1.80 bits per heavy atom. The Kier molecular flexibility index (Phi) is 5.53. The van der Waals surface area contributed by atoms with Crippen LogP contribution in [0.5, 0.6) is 0 Å². The van der Waals surface area contributed by atoms with Crippen LogP contribution >= 0.6 is 0 Å². The molecule has 3 rings (SSSR count). The van der Waals surface area contributed by atoms with Gasteiger partial charge in [-0.2, -0.15) is 5.10 Å². The van der Waals surface area contributed by atoms with Crippen LogP contribution in [0.4, 0.5) is 0 Å². The van der Waals surface area contributed by atoms with Gasteiger partial charge in [0.2, 0.25) is 21.8 Å². The standard InChI is InChI=1S/C16H24N4O4S/c21-15-3-1-4-16(22)20(15)11-12-25(23,24)19-9-5-14(6-10-19)13-18-8-2-7-17-18/h2,7-8,14H,1,3-6,9-13H2. The number of imide groups is 1. The maximum absolute atomic E-state index is 12.5. The summed E-state index contributed by atoms with van der Waals surface area (Å²) >= 11 is 0. The van der Waals surface area contributed by atoms with Crippen LogP contribution in [0.15, 0.2) is 18.5 Å². The van der Waals surface area contributed by atoms with E-state index in [1.54, 1.807) is 6.20 Å². The van der Waals surface area contributed by atoms with Crippen LogP contribution in [0.2, 0.25) is 0 Å². The van der Waals surface area contributed by atoms with Crippen molar-refractivity contribution in [3.63, 3.8) is 0 Å². The Morgan fingerprint density at radius 1 is 1.12 bits per heavy atom.